The maximum atomic E-state index is 13.5. The van der Waals surface area contributed by atoms with E-state index in [1.807, 2.05) is 19.9 Å². The van der Waals surface area contributed by atoms with Crippen LogP contribution >= 0.6 is 0 Å². The second-order valence-corrected chi connectivity index (χ2v) is 5.35. The highest BCUT2D eigenvalue weighted by molar-refractivity contribution is 5.93. The molecule has 25 heavy (non-hydrogen) atoms. The highest BCUT2D eigenvalue weighted by Crippen LogP contribution is 2.18. The van der Waals surface area contributed by atoms with E-state index < -0.39 is 17.6 Å². The molecule has 1 heterocycles. The van der Waals surface area contributed by atoms with Crippen molar-refractivity contribution in [3.63, 3.8) is 0 Å². The maximum Gasteiger partial charge on any atom is 0.262 e. The second kappa shape index (κ2) is 8.09. The summed E-state index contributed by atoms with van der Waals surface area (Å²) in [7, 11) is 1.37. The number of hydrogen-bond acceptors (Lipinski definition) is 4. The number of aryl methyl sites for hydroxylation is 2. The van der Waals surface area contributed by atoms with Gasteiger partial charge < -0.3 is 4.74 Å². The van der Waals surface area contributed by atoms with Crippen LogP contribution in [0.25, 0.3) is 6.08 Å². The van der Waals surface area contributed by atoms with Gasteiger partial charge in [0.05, 0.1) is 12.8 Å². The summed E-state index contributed by atoms with van der Waals surface area (Å²) in [5.41, 5.74) is 6.69. The fraction of sp³-hybridized carbons (Fsp3) is 0.235. The molecule has 0 radical (unpaired) electrons. The predicted molar refractivity (Wildman–Crippen MR) is 90.0 cm³/mol. The van der Waals surface area contributed by atoms with Crippen LogP contribution in [0.3, 0.4) is 0 Å². The van der Waals surface area contributed by atoms with Crippen molar-refractivity contribution in [1.29, 1.82) is 0 Å². The Labute approximate surface area is 144 Å². The van der Waals surface area contributed by atoms with Gasteiger partial charge in [0.2, 0.25) is 0 Å². The molecule has 1 aromatic heterocycles. The highest BCUT2D eigenvalue weighted by atomic mass is 19.1. The minimum Gasteiger partial charge on any atom is -0.494 e. The van der Waals surface area contributed by atoms with Crippen molar-refractivity contribution in [1.82, 2.24) is 20.6 Å². The van der Waals surface area contributed by atoms with Gasteiger partial charge >= 0.3 is 0 Å². The molecule has 0 saturated heterocycles. The predicted octanol–water partition coefficient (Wildman–Crippen LogP) is 1.51. The first-order chi connectivity index (χ1) is 11.9. The average Bonchev–Trinajstić information content (AvgIpc) is 2.88. The topological polar surface area (TPSA) is 85.3 Å². The van der Waals surface area contributed by atoms with E-state index in [2.05, 4.69) is 16.0 Å². The Morgan fingerprint density at radius 1 is 1.28 bits per heavy atom. The molecule has 2 amide bonds. The Morgan fingerprint density at radius 2 is 2.04 bits per heavy atom. The molecule has 0 saturated carbocycles. The van der Waals surface area contributed by atoms with E-state index in [9.17, 15) is 14.0 Å². The van der Waals surface area contributed by atoms with E-state index in [0.717, 1.165) is 11.4 Å². The molecule has 2 rings (SSSR count). The zero-order valence-electron chi connectivity index (χ0n) is 14.2. The smallest absolute Gasteiger partial charge is 0.262 e. The van der Waals surface area contributed by atoms with Gasteiger partial charge in [-0.1, -0.05) is 6.07 Å². The minimum atomic E-state index is -0.544. The molecule has 0 aliphatic rings. The van der Waals surface area contributed by atoms with Crippen molar-refractivity contribution in [2.24, 2.45) is 0 Å². The molecule has 0 bridgehead atoms. The van der Waals surface area contributed by atoms with Crippen LogP contribution in [0.4, 0.5) is 4.39 Å². The first-order valence-corrected chi connectivity index (χ1v) is 7.50. The lowest BCUT2D eigenvalue weighted by Gasteiger charge is -2.06. The van der Waals surface area contributed by atoms with Crippen LogP contribution in [-0.2, 0) is 16.1 Å². The van der Waals surface area contributed by atoms with Crippen molar-refractivity contribution in [3.05, 3.63) is 53.1 Å². The summed E-state index contributed by atoms with van der Waals surface area (Å²) in [4.78, 5) is 23.5. The van der Waals surface area contributed by atoms with Crippen LogP contribution in [0.15, 0.2) is 30.3 Å². The second-order valence-electron chi connectivity index (χ2n) is 5.35. The van der Waals surface area contributed by atoms with Gasteiger partial charge in [-0.25, -0.2) is 4.39 Å². The van der Waals surface area contributed by atoms with Gasteiger partial charge in [0, 0.05) is 11.8 Å². The van der Waals surface area contributed by atoms with Gasteiger partial charge in [0.25, 0.3) is 11.8 Å². The number of carbonyl (C=O) groups excluding carboxylic acids is 2. The Bertz CT molecular complexity index is 814. The molecule has 0 fully saturated rings. The molecule has 0 spiro atoms. The molecular formula is C17H19FN4O3. The molecular weight excluding hydrogens is 327 g/mol. The fourth-order valence-corrected chi connectivity index (χ4v) is 2.14. The molecule has 0 atom stereocenters. The van der Waals surface area contributed by atoms with Gasteiger partial charge in [0.1, 0.15) is 6.54 Å². The third-order valence-corrected chi connectivity index (χ3v) is 3.32. The maximum absolute atomic E-state index is 13.5. The monoisotopic (exact) mass is 346 g/mol. The van der Waals surface area contributed by atoms with Crippen LogP contribution in [-0.4, -0.2) is 28.7 Å². The first kappa shape index (κ1) is 18.2. The van der Waals surface area contributed by atoms with Crippen LogP contribution in [0, 0.1) is 19.7 Å². The van der Waals surface area contributed by atoms with E-state index in [1.165, 1.54) is 36.1 Å². The Hall–Kier alpha value is -3.16. The fourth-order valence-electron chi connectivity index (χ4n) is 2.14. The number of methoxy groups -OCH3 is 1. The molecule has 0 unspecified atom stereocenters. The standard InChI is InChI=1S/C17H19FN4O3/c1-11-8-12(2)22(21-11)10-17(24)20-19-16(23)7-5-13-4-6-15(25-3)14(18)9-13/h4-9H,10H2,1-3H3,(H,19,23)(H,20,24)/b7-5+. The Kier molecular flexibility index (Phi) is 5.89. The Balaban J connectivity index is 1.84. The number of hydrogen-bond donors (Lipinski definition) is 2. The number of hydrazine groups is 1. The van der Waals surface area contributed by atoms with E-state index >= 15 is 0 Å². The van der Waals surface area contributed by atoms with Crippen LogP contribution in [0.5, 0.6) is 5.75 Å². The van der Waals surface area contributed by atoms with E-state index in [-0.39, 0.29) is 12.3 Å². The van der Waals surface area contributed by atoms with E-state index in [1.54, 1.807) is 6.07 Å². The normalized spacial score (nSPS) is 10.7. The van der Waals surface area contributed by atoms with Crippen molar-refractivity contribution < 1.29 is 18.7 Å². The van der Waals surface area contributed by atoms with Gasteiger partial charge in [-0.15, -0.1) is 0 Å². The number of benzene rings is 1. The molecule has 0 aliphatic heterocycles. The molecule has 0 aliphatic carbocycles. The minimum absolute atomic E-state index is 0.00659. The summed E-state index contributed by atoms with van der Waals surface area (Å²) in [5, 5.41) is 4.16. The number of ether oxygens (including phenoxy) is 1. The number of nitrogens with one attached hydrogen (secondary N) is 2. The molecule has 2 aromatic rings. The number of carbonyl (C=O) groups is 2. The van der Waals surface area contributed by atoms with E-state index in [4.69, 9.17) is 4.74 Å². The third kappa shape index (κ3) is 5.17. The lowest BCUT2D eigenvalue weighted by molar-refractivity contribution is -0.127. The quantitative estimate of drug-likeness (QED) is 0.635. The lowest BCUT2D eigenvalue weighted by atomic mass is 10.2. The van der Waals surface area contributed by atoms with Crippen molar-refractivity contribution in [3.8, 4) is 5.75 Å². The third-order valence-electron chi connectivity index (χ3n) is 3.32. The molecule has 132 valence electrons. The van der Waals surface area contributed by atoms with Crippen molar-refractivity contribution >= 4 is 17.9 Å². The number of halogens is 1. The summed E-state index contributed by atoms with van der Waals surface area (Å²) in [6, 6.07) is 6.16. The summed E-state index contributed by atoms with van der Waals surface area (Å²) >= 11 is 0. The zero-order chi connectivity index (χ0) is 18.4. The van der Waals surface area contributed by atoms with Gasteiger partial charge in [-0.2, -0.15) is 5.10 Å². The van der Waals surface area contributed by atoms with Crippen LogP contribution in [0.1, 0.15) is 17.0 Å². The number of rotatable bonds is 5. The average molecular weight is 346 g/mol. The summed E-state index contributed by atoms with van der Waals surface area (Å²) in [5.74, 6) is -1.36. The Morgan fingerprint density at radius 3 is 2.64 bits per heavy atom. The summed E-state index contributed by atoms with van der Waals surface area (Å²) < 4.78 is 19.9. The summed E-state index contributed by atoms with van der Waals surface area (Å²) in [6.45, 7) is 3.66. The van der Waals surface area contributed by atoms with Crippen LogP contribution < -0.4 is 15.6 Å². The number of nitrogens with zero attached hydrogens (tertiary/aromatic N) is 2. The SMILES string of the molecule is COc1ccc(/C=C/C(=O)NNC(=O)Cn2nc(C)cc2C)cc1F. The van der Waals surface area contributed by atoms with Crippen molar-refractivity contribution in [2.75, 3.05) is 7.11 Å². The molecule has 8 heteroatoms. The number of amides is 2. The van der Waals surface area contributed by atoms with Gasteiger partial charge in [0.15, 0.2) is 11.6 Å². The largest absolute Gasteiger partial charge is 0.494 e. The molecule has 1 aromatic carbocycles. The highest BCUT2D eigenvalue weighted by Gasteiger charge is 2.07. The van der Waals surface area contributed by atoms with Gasteiger partial charge in [-0.05, 0) is 43.7 Å². The van der Waals surface area contributed by atoms with Gasteiger partial charge in [-0.3, -0.25) is 25.1 Å². The lowest BCUT2D eigenvalue weighted by Crippen LogP contribution is -2.42. The van der Waals surface area contributed by atoms with Crippen LogP contribution in [0.2, 0.25) is 0 Å². The zero-order valence-corrected chi connectivity index (χ0v) is 14.2. The molecule has 2 N–H and O–H groups in total. The summed E-state index contributed by atoms with van der Waals surface area (Å²) in [6.07, 6.45) is 2.61. The van der Waals surface area contributed by atoms with Crippen molar-refractivity contribution in [2.45, 2.75) is 20.4 Å². The first-order valence-electron chi connectivity index (χ1n) is 7.50. The van der Waals surface area contributed by atoms with E-state index in [0.29, 0.717) is 5.56 Å². The molecule has 7 nitrogen and oxygen atoms in total. The number of aromatic nitrogens is 2.